The van der Waals surface area contributed by atoms with E-state index in [9.17, 15) is 4.79 Å². The molecule has 0 radical (unpaired) electrons. The van der Waals surface area contributed by atoms with Crippen molar-refractivity contribution in [2.24, 2.45) is 4.99 Å². The zero-order valence-electron chi connectivity index (χ0n) is 17.7. The first-order chi connectivity index (χ1) is 13.3. The van der Waals surface area contributed by atoms with Crippen LogP contribution in [0.5, 0.6) is 5.75 Å². The Balaban J connectivity index is 1.88. The van der Waals surface area contributed by atoms with Gasteiger partial charge < -0.3 is 25.0 Å². The molecule has 1 aliphatic rings. The number of carbonyl (C=O) groups excluding carboxylic acids is 1. The van der Waals surface area contributed by atoms with E-state index in [4.69, 9.17) is 14.5 Å². The topological polar surface area (TPSA) is 75.2 Å². The fourth-order valence-electron chi connectivity index (χ4n) is 3.09. The van der Waals surface area contributed by atoms with Crippen molar-refractivity contribution in [3.05, 3.63) is 29.8 Å². The Morgan fingerprint density at radius 2 is 2.14 bits per heavy atom. The van der Waals surface area contributed by atoms with Crippen LogP contribution in [0.3, 0.4) is 0 Å². The average Bonchev–Trinajstić information content (AvgIpc) is 3.07. The molecule has 2 N–H and O–H groups in total. The highest BCUT2D eigenvalue weighted by atomic mass is 16.6. The molecule has 1 aromatic rings. The summed E-state index contributed by atoms with van der Waals surface area (Å²) in [7, 11) is 1.68. The molecule has 1 saturated heterocycles. The molecule has 1 aromatic carbocycles. The Morgan fingerprint density at radius 1 is 1.36 bits per heavy atom. The number of nitrogens with one attached hydrogen (secondary N) is 2. The molecular formula is C21H34N4O3. The van der Waals surface area contributed by atoms with Crippen molar-refractivity contribution in [1.29, 1.82) is 0 Å². The van der Waals surface area contributed by atoms with E-state index in [1.54, 1.807) is 7.11 Å². The van der Waals surface area contributed by atoms with Crippen LogP contribution >= 0.6 is 0 Å². The summed E-state index contributed by atoms with van der Waals surface area (Å²) in [6, 6.07) is 8.13. The van der Waals surface area contributed by atoms with Gasteiger partial charge >= 0.3 is 6.09 Å². The Labute approximate surface area is 168 Å². The number of hydrogen-bond acceptors (Lipinski definition) is 4. The second kappa shape index (κ2) is 10.2. The number of guanidine groups is 1. The molecule has 28 heavy (non-hydrogen) atoms. The third-order valence-corrected chi connectivity index (χ3v) is 4.34. The van der Waals surface area contributed by atoms with Gasteiger partial charge in [0, 0.05) is 26.2 Å². The van der Waals surface area contributed by atoms with Crippen LogP contribution in [0.2, 0.25) is 0 Å². The predicted molar refractivity (Wildman–Crippen MR) is 112 cm³/mol. The van der Waals surface area contributed by atoms with Gasteiger partial charge in [0.15, 0.2) is 5.96 Å². The van der Waals surface area contributed by atoms with Crippen LogP contribution in [0.4, 0.5) is 4.79 Å². The lowest BCUT2D eigenvalue weighted by molar-refractivity contribution is 0.0507. The van der Waals surface area contributed by atoms with Crippen molar-refractivity contribution in [2.75, 3.05) is 33.3 Å². The van der Waals surface area contributed by atoms with Gasteiger partial charge in [0.2, 0.25) is 0 Å². The Bertz CT molecular complexity index is 670. The van der Waals surface area contributed by atoms with Gasteiger partial charge in [-0.2, -0.15) is 0 Å². The second-order valence-corrected chi connectivity index (χ2v) is 7.92. The number of benzene rings is 1. The fourth-order valence-corrected chi connectivity index (χ4v) is 3.09. The maximum Gasteiger partial charge on any atom is 0.407 e. The van der Waals surface area contributed by atoms with E-state index >= 15 is 0 Å². The molecule has 7 nitrogen and oxygen atoms in total. The van der Waals surface area contributed by atoms with Gasteiger partial charge in [-0.25, -0.2) is 4.79 Å². The van der Waals surface area contributed by atoms with Crippen LogP contribution in [0.1, 0.15) is 39.7 Å². The number of methoxy groups -OCH3 is 1. The minimum Gasteiger partial charge on any atom is -0.497 e. The quantitative estimate of drug-likeness (QED) is 0.577. The van der Waals surface area contributed by atoms with Gasteiger partial charge in [0.25, 0.3) is 0 Å². The number of nitrogens with zero attached hydrogens (tertiary/aromatic N) is 2. The molecule has 1 fully saturated rings. The summed E-state index contributed by atoms with van der Waals surface area (Å²) in [5, 5.41) is 6.31. The van der Waals surface area contributed by atoms with E-state index in [0.717, 1.165) is 44.2 Å². The van der Waals surface area contributed by atoms with Crippen LogP contribution in [-0.2, 0) is 11.2 Å². The molecule has 1 heterocycles. The fraction of sp³-hybridized carbons (Fsp3) is 0.619. The van der Waals surface area contributed by atoms with E-state index in [0.29, 0.717) is 6.54 Å². The Kier molecular flexibility index (Phi) is 7.96. The number of ether oxygens (including phenoxy) is 2. The molecule has 1 atom stereocenters. The van der Waals surface area contributed by atoms with Gasteiger partial charge in [-0.15, -0.1) is 0 Å². The minimum absolute atomic E-state index is 0.0668. The molecule has 0 bridgehead atoms. The summed E-state index contributed by atoms with van der Waals surface area (Å²) >= 11 is 0. The number of alkyl carbamates (subject to hydrolysis) is 1. The van der Waals surface area contributed by atoms with Crippen LogP contribution in [-0.4, -0.2) is 61.9 Å². The SMILES string of the molecule is CCNC(=NCCc1cccc(OC)c1)N1CCC(NC(=O)OC(C)(C)C)C1. The Hall–Kier alpha value is -2.44. The molecular weight excluding hydrogens is 356 g/mol. The summed E-state index contributed by atoms with van der Waals surface area (Å²) in [5.41, 5.74) is 0.712. The molecule has 1 aliphatic heterocycles. The van der Waals surface area contributed by atoms with Crippen molar-refractivity contribution in [3.63, 3.8) is 0 Å². The van der Waals surface area contributed by atoms with E-state index in [1.807, 2.05) is 39.0 Å². The lowest BCUT2D eigenvalue weighted by Crippen LogP contribution is -2.44. The summed E-state index contributed by atoms with van der Waals surface area (Å²) in [6.45, 7) is 10.7. The highest BCUT2D eigenvalue weighted by Crippen LogP contribution is 2.14. The van der Waals surface area contributed by atoms with Crippen molar-refractivity contribution in [2.45, 2.75) is 52.2 Å². The summed E-state index contributed by atoms with van der Waals surface area (Å²) in [4.78, 5) is 18.9. The van der Waals surface area contributed by atoms with Crippen molar-refractivity contribution < 1.29 is 14.3 Å². The second-order valence-electron chi connectivity index (χ2n) is 7.92. The van der Waals surface area contributed by atoms with Gasteiger partial charge in [-0.05, 0) is 58.2 Å². The standard InChI is InChI=1S/C21H34N4O3/c1-6-22-19(23-12-10-16-8-7-9-18(14-16)27-5)25-13-11-17(15-25)24-20(26)28-21(2,3)4/h7-9,14,17H,6,10-13,15H2,1-5H3,(H,22,23)(H,24,26). The minimum atomic E-state index is -0.487. The number of amides is 1. The van der Waals surface area contributed by atoms with E-state index in [1.165, 1.54) is 5.56 Å². The van der Waals surface area contributed by atoms with Crippen molar-refractivity contribution in [3.8, 4) is 5.75 Å². The smallest absolute Gasteiger partial charge is 0.407 e. The van der Waals surface area contributed by atoms with Crippen molar-refractivity contribution >= 4 is 12.1 Å². The zero-order valence-corrected chi connectivity index (χ0v) is 17.7. The number of hydrogen-bond donors (Lipinski definition) is 2. The molecule has 156 valence electrons. The molecule has 1 unspecified atom stereocenters. The van der Waals surface area contributed by atoms with E-state index in [2.05, 4.69) is 28.5 Å². The molecule has 7 heteroatoms. The van der Waals surface area contributed by atoms with Gasteiger partial charge in [-0.3, -0.25) is 4.99 Å². The third-order valence-electron chi connectivity index (χ3n) is 4.34. The maximum absolute atomic E-state index is 12.0. The lowest BCUT2D eigenvalue weighted by atomic mass is 10.1. The summed E-state index contributed by atoms with van der Waals surface area (Å²) < 4.78 is 10.6. The number of aliphatic imine (C=N–C) groups is 1. The third kappa shape index (κ3) is 7.29. The van der Waals surface area contributed by atoms with Crippen LogP contribution < -0.4 is 15.4 Å². The molecule has 2 rings (SSSR count). The highest BCUT2D eigenvalue weighted by molar-refractivity contribution is 5.80. The van der Waals surface area contributed by atoms with E-state index in [-0.39, 0.29) is 12.1 Å². The van der Waals surface area contributed by atoms with Crippen molar-refractivity contribution in [1.82, 2.24) is 15.5 Å². The van der Waals surface area contributed by atoms with Gasteiger partial charge in [0.1, 0.15) is 11.4 Å². The van der Waals surface area contributed by atoms with E-state index < -0.39 is 5.60 Å². The van der Waals surface area contributed by atoms with Crippen LogP contribution in [0.15, 0.2) is 29.3 Å². The first-order valence-corrected chi connectivity index (χ1v) is 9.96. The number of likely N-dealkylation sites (tertiary alicyclic amines) is 1. The normalized spacial score (nSPS) is 17.4. The van der Waals surface area contributed by atoms with Crippen LogP contribution in [0.25, 0.3) is 0 Å². The number of rotatable bonds is 6. The molecule has 0 spiro atoms. The summed E-state index contributed by atoms with van der Waals surface area (Å²) in [6.07, 6.45) is 1.36. The first kappa shape index (κ1) is 21.9. The summed E-state index contributed by atoms with van der Waals surface area (Å²) in [5.74, 6) is 1.75. The van der Waals surface area contributed by atoms with Crippen LogP contribution in [0, 0.1) is 0 Å². The number of carbonyl (C=O) groups is 1. The highest BCUT2D eigenvalue weighted by Gasteiger charge is 2.27. The Morgan fingerprint density at radius 3 is 2.82 bits per heavy atom. The molecule has 1 amide bonds. The predicted octanol–water partition coefficient (Wildman–Crippen LogP) is 2.80. The average molecular weight is 391 g/mol. The van der Waals surface area contributed by atoms with Gasteiger partial charge in [-0.1, -0.05) is 12.1 Å². The monoisotopic (exact) mass is 390 g/mol. The van der Waals surface area contributed by atoms with Gasteiger partial charge in [0.05, 0.1) is 13.2 Å². The zero-order chi connectivity index (χ0) is 20.6. The largest absolute Gasteiger partial charge is 0.497 e. The first-order valence-electron chi connectivity index (χ1n) is 9.96. The maximum atomic E-state index is 12.0. The molecule has 0 aliphatic carbocycles. The lowest BCUT2D eigenvalue weighted by Gasteiger charge is -2.23. The molecule has 0 saturated carbocycles. The molecule has 0 aromatic heterocycles.